The first kappa shape index (κ1) is 28.2. The van der Waals surface area contributed by atoms with Crippen LogP contribution in [0.2, 0.25) is 0 Å². The highest BCUT2D eigenvalue weighted by molar-refractivity contribution is 6.30. The number of hydrogen-bond acceptors (Lipinski definition) is 3. The fourth-order valence-electron chi connectivity index (χ4n) is 3.55. The van der Waals surface area contributed by atoms with Gasteiger partial charge in [0.05, 0.1) is 6.26 Å². The Hall–Kier alpha value is -3.08. The summed E-state index contributed by atoms with van der Waals surface area (Å²) in [6.45, 7) is 14.8. The molecule has 35 heavy (non-hydrogen) atoms. The van der Waals surface area contributed by atoms with Crippen molar-refractivity contribution in [3.05, 3.63) is 108 Å². The summed E-state index contributed by atoms with van der Waals surface area (Å²) in [6.07, 6.45) is 8.32. The lowest BCUT2D eigenvalue weighted by atomic mass is 10.1. The number of rotatable bonds is 5. The van der Waals surface area contributed by atoms with E-state index in [1.807, 2.05) is 56.3 Å². The number of benzene rings is 2. The summed E-state index contributed by atoms with van der Waals surface area (Å²) in [4.78, 5) is 14.4. The number of carbonyl (C=O) groups excluding carboxylic acids is 1. The van der Waals surface area contributed by atoms with Gasteiger partial charge < -0.3 is 14.6 Å². The fourth-order valence-corrected chi connectivity index (χ4v) is 3.61. The van der Waals surface area contributed by atoms with Gasteiger partial charge in [-0.05, 0) is 82.6 Å². The second-order valence-electron chi connectivity index (χ2n) is 8.47. The Balaban J connectivity index is 0.000000267. The van der Waals surface area contributed by atoms with Crippen LogP contribution in [0.15, 0.2) is 101 Å². The fraction of sp³-hybridized carbons (Fsp3) is 0.300. The first-order valence-corrected chi connectivity index (χ1v) is 12.4. The lowest BCUT2D eigenvalue weighted by Crippen LogP contribution is -2.29. The highest BCUT2D eigenvalue weighted by Crippen LogP contribution is 2.20. The number of allylic oxidation sites excluding steroid dienone is 4. The standard InChI is InChI=1S/C18H18ClNO2.C7H8.C5H11N/c1-4-16(8-6-13(3)19)20(5-2)18(21)15-7-9-17-14(12-15)10-11-22-17;1-7-5-3-2-4-6-7;1-5-2-3-6-4-5/h4,6-12H,3,5H2,1-2H3;2-6H,1H3;5-6H,2-4H2,1H3/b8-6-,16-4+;;. The maximum Gasteiger partial charge on any atom is 0.258 e. The average Bonchev–Trinajstić information content (AvgIpc) is 3.53. The van der Waals surface area contributed by atoms with Crippen molar-refractivity contribution in [1.82, 2.24) is 10.2 Å². The van der Waals surface area contributed by atoms with E-state index in [0.717, 1.165) is 22.6 Å². The number of hydrogen-bond donors (Lipinski definition) is 1. The summed E-state index contributed by atoms with van der Waals surface area (Å²) in [7, 11) is 0. The van der Waals surface area contributed by atoms with Gasteiger partial charge in [-0.25, -0.2) is 0 Å². The number of fused-ring (bicyclic) bond motifs is 1. The van der Waals surface area contributed by atoms with Crippen LogP contribution in [-0.4, -0.2) is 30.4 Å². The van der Waals surface area contributed by atoms with E-state index in [4.69, 9.17) is 16.0 Å². The van der Waals surface area contributed by atoms with Gasteiger partial charge in [0.15, 0.2) is 0 Å². The molecule has 1 N–H and O–H groups in total. The van der Waals surface area contributed by atoms with Crippen LogP contribution in [-0.2, 0) is 0 Å². The average molecular weight is 493 g/mol. The van der Waals surface area contributed by atoms with Crippen molar-refractivity contribution in [2.24, 2.45) is 5.92 Å². The second kappa shape index (κ2) is 15.0. The molecule has 1 atom stereocenters. The van der Waals surface area contributed by atoms with Crippen LogP contribution in [0.5, 0.6) is 0 Å². The van der Waals surface area contributed by atoms with Gasteiger partial charge in [0.25, 0.3) is 5.91 Å². The molecule has 0 spiro atoms. The molecule has 1 amide bonds. The lowest BCUT2D eigenvalue weighted by Gasteiger charge is -2.22. The third-order valence-electron chi connectivity index (χ3n) is 5.55. The van der Waals surface area contributed by atoms with Crippen molar-refractivity contribution in [1.29, 1.82) is 0 Å². The molecule has 1 unspecified atom stereocenters. The van der Waals surface area contributed by atoms with Gasteiger partial charge in [0.2, 0.25) is 0 Å². The maximum atomic E-state index is 12.8. The van der Waals surface area contributed by atoms with Crippen molar-refractivity contribution in [3.63, 3.8) is 0 Å². The van der Waals surface area contributed by atoms with Gasteiger partial charge in [-0.2, -0.15) is 0 Å². The molecule has 5 heteroatoms. The molecule has 1 aliphatic heterocycles. The molecular formula is C30H37ClN2O2. The summed E-state index contributed by atoms with van der Waals surface area (Å²) < 4.78 is 5.30. The molecule has 4 rings (SSSR count). The van der Waals surface area contributed by atoms with Crippen molar-refractivity contribution in [3.8, 4) is 0 Å². The molecule has 0 bridgehead atoms. The van der Waals surface area contributed by atoms with Gasteiger partial charge in [-0.1, -0.05) is 67.1 Å². The Morgan fingerprint density at radius 1 is 1.20 bits per heavy atom. The third-order valence-corrected chi connectivity index (χ3v) is 5.68. The van der Waals surface area contributed by atoms with Gasteiger partial charge in [0.1, 0.15) is 5.58 Å². The molecule has 1 aliphatic rings. The summed E-state index contributed by atoms with van der Waals surface area (Å²) in [5, 5.41) is 4.60. The van der Waals surface area contributed by atoms with Crippen molar-refractivity contribution in [2.75, 3.05) is 19.6 Å². The molecule has 3 aromatic rings. The summed E-state index contributed by atoms with van der Waals surface area (Å²) in [6, 6.07) is 17.5. The first-order valence-electron chi connectivity index (χ1n) is 12.1. The number of halogens is 1. The van der Waals surface area contributed by atoms with E-state index in [2.05, 4.69) is 37.9 Å². The molecule has 1 aromatic heterocycles. The maximum absolute atomic E-state index is 12.8. The predicted octanol–water partition coefficient (Wildman–Crippen LogP) is 7.72. The number of aryl methyl sites for hydroxylation is 1. The zero-order valence-corrected chi connectivity index (χ0v) is 22.0. The minimum atomic E-state index is -0.0662. The van der Waals surface area contributed by atoms with Crippen LogP contribution in [0.4, 0.5) is 0 Å². The Kier molecular flexibility index (Phi) is 12.1. The monoisotopic (exact) mass is 492 g/mol. The van der Waals surface area contributed by atoms with E-state index < -0.39 is 0 Å². The summed E-state index contributed by atoms with van der Waals surface area (Å²) >= 11 is 5.75. The van der Waals surface area contributed by atoms with E-state index in [9.17, 15) is 4.79 Å². The van der Waals surface area contributed by atoms with Crippen LogP contribution >= 0.6 is 11.6 Å². The Bertz CT molecular complexity index is 1130. The number of nitrogens with zero attached hydrogens (tertiary/aromatic N) is 1. The number of nitrogens with one attached hydrogen (secondary N) is 1. The number of likely N-dealkylation sites (N-methyl/N-ethyl adjacent to an activating group) is 1. The van der Waals surface area contributed by atoms with E-state index in [1.54, 1.807) is 29.4 Å². The highest BCUT2D eigenvalue weighted by Gasteiger charge is 2.17. The highest BCUT2D eigenvalue weighted by atomic mass is 35.5. The Morgan fingerprint density at radius 3 is 2.43 bits per heavy atom. The van der Waals surface area contributed by atoms with Gasteiger partial charge >= 0.3 is 0 Å². The molecular weight excluding hydrogens is 456 g/mol. The van der Waals surface area contributed by atoms with E-state index >= 15 is 0 Å². The SMILES string of the molecule is C=C(Cl)/C=C\C(=C/C)N(CC)C(=O)c1ccc2occc2c1.CC1CCNC1.Cc1ccccc1. The van der Waals surface area contributed by atoms with Crippen molar-refractivity contribution >= 4 is 28.5 Å². The van der Waals surface area contributed by atoms with Gasteiger partial charge in [-0.15, -0.1) is 0 Å². The van der Waals surface area contributed by atoms with E-state index in [1.165, 1.54) is 25.1 Å². The van der Waals surface area contributed by atoms with Gasteiger partial charge in [0, 0.05) is 28.2 Å². The van der Waals surface area contributed by atoms with Crippen LogP contribution in [0.1, 0.15) is 43.1 Å². The quantitative estimate of drug-likeness (QED) is 0.371. The summed E-state index contributed by atoms with van der Waals surface area (Å²) in [5.74, 6) is 0.869. The largest absolute Gasteiger partial charge is 0.464 e. The van der Waals surface area contributed by atoms with Crippen molar-refractivity contribution in [2.45, 2.75) is 34.1 Å². The van der Waals surface area contributed by atoms with Crippen LogP contribution in [0.25, 0.3) is 11.0 Å². The van der Waals surface area contributed by atoms with Crippen LogP contribution in [0.3, 0.4) is 0 Å². The minimum absolute atomic E-state index is 0.0662. The number of amides is 1. The molecule has 0 saturated carbocycles. The van der Waals surface area contributed by atoms with Crippen LogP contribution in [0, 0.1) is 12.8 Å². The zero-order chi connectivity index (χ0) is 25.6. The third kappa shape index (κ3) is 9.59. The normalized spacial score (nSPS) is 15.2. The molecule has 0 radical (unpaired) electrons. The first-order chi connectivity index (χ1) is 16.8. The number of furan rings is 1. The Morgan fingerprint density at radius 2 is 1.94 bits per heavy atom. The molecule has 186 valence electrons. The molecule has 4 nitrogen and oxygen atoms in total. The number of carbonyl (C=O) groups is 1. The van der Waals surface area contributed by atoms with Crippen molar-refractivity contribution < 1.29 is 9.21 Å². The lowest BCUT2D eigenvalue weighted by molar-refractivity contribution is 0.0817. The topological polar surface area (TPSA) is 45.5 Å². The molecule has 1 fully saturated rings. The molecule has 1 saturated heterocycles. The zero-order valence-electron chi connectivity index (χ0n) is 21.3. The summed E-state index contributed by atoms with van der Waals surface area (Å²) in [5.41, 5.74) is 3.49. The van der Waals surface area contributed by atoms with E-state index in [0.29, 0.717) is 17.1 Å². The van der Waals surface area contributed by atoms with E-state index in [-0.39, 0.29) is 5.91 Å². The predicted molar refractivity (Wildman–Crippen MR) is 149 cm³/mol. The Labute approximate surface area is 215 Å². The van der Waals surface area contributed by atoms with Gasteiger partial charge in [-0.3, -0.25) is 4.79 Å². The van der Waals surface area contributed by atoms with Crippen LogP contribution < -0.4 is 5.32 Å². The minimum Gasteiger partial charge on any atom is -0.464 e. The molecule has 0 aliphatic carbocycles. The smallest absolute Gasteiger partial charge is 0.258 e. The molecule has 2 heterocycles. The molecule has 2 aromatic carbocycles. The second-order valence-corrected chi connectivity index (χ2v) is 8.95.